The largest absolute Gasteiger partial charge is 0.480 e. The minimum Gasteiger partial charge on any atom is -0.480 e. The lowest BCUT2D eigenvalue weighted by Gasteiger charge is -2.12. The van der Waals surface area contributed by atoms with Crippen molar-refractivity contribution in [2.45, 2.75) is 25.4 Å². The van der Waals surface area contributed by atoms with Crippen LogP contribution in [0.5, 0.6) is 0 Å². The third-order valence-corrected chi connectivity index (χ3v) is 3.12. The quantitative estimate of drug-likeness (QED) is 0.866. The second kappa shape index (κ2) is 4.93. The van der Waals surface area contributed by atoms with Gasteiger partial charge in [0.1, 0.15) is 6.04 Å². The minimum absolute atomic E-state index is 0.299. The van der Waals surface area contributed by atoms with E-state index >= 15 is 0 Å². The van der Waals surface area contributed by atoms with Crippen molar-refractivity contribution in [2.24, 2.45) is 5.92 Å². The molecule has 1 aromatic heterocycles. The number of nitrogens with zero attached hydrogens (tertiary/aromatic N) is 1. The van der Waals surface area contributed by atoms with Crippen molar-refractivity contribution in [2.75, 3.05) is 0 Å². The number of carbonyl (C=O) groups is 1. The van der Waals surface area contributed by atoms with Crippen molar-refractivity contribution in [3.63, 3.8) is 0 Å². The van der Waals surface area contributed by atoms with Crippen LogP contribution in [0, 0.1) is 5.92 Å². The predicted molar refractivity (Wildman–Crippen MR) is 62.9 cm³/mol. The smallest absolute Gasteiger partial charge is 0.320 e. The summed E-state index contributed by atoms with van der Waals surface area (Å²) in [5.74, 6) is -0.465. The Morgan fingerprint density at radius 1 is 1.62 bits per heavy atom. The lowest BCUT2D eigenvalue weighted by Crippen LogP contribution is -2.38. The number of aliphatic carboxylic acids is 1. The third kappa shape index (κ3) is 3.02. The number of hydrogen-bond donors (Lipinski definition) is 2. The maximum absolute atomic E-state index is 11.0. The molecular weight excluding hydrogens is 272 g/mol. The second-order valence-corrected chi connectivity index (χ2v) is 4.92. The molecule has 1 unspecified atom stereocenters. The highest BCUT2D eigenvalue weighted by Crippen LogP contribution is 2.32. The summed E-state index contributed by atoms with van der Waals surface area (Å²) < 4.78 is 0.924. The highest BCUT2D eigenvalue weighted by atomic mass is 79.9. The van der Waals surface area contributed by atoms with Gasteiger partial charge in [-0.2, -0.15) is 0 Å². The van der Waals surface area contributed by atoms with E-state index in [-0.39, 0.29) is 0 Å². The Morgan fingerprint density at radius 3 is 2.88 bits per heavy atom. The van der Waals surface area contributed by atoms with E-state index < -0.39 is 12.0 Å². The zero-order valence-electron chi connectivity index (χ0n) is 8.69. The Kier molecular flexibility index (Phi) is 3.56. The fourth-order valence-electron chi connectivity index (χ4n) is 1.61. The molecule has 1 aromatic rings. The highest BCUT2D eigenvalue weighted by Gasteiger charge is 2.35. The van der Waals surface area contributed by atoms with Gasteiger partial charge in [-0.15, -0.1) is 0 Å². The normalized spacial score (nSPS) is 17.1. The zero-order valence-corrected chi connectivity index (χ0v) is 10.3. The molecule has 0 aliphatic heterocycles. The van der Waals surface area contributed by atoms with Crippen LogP contribution in [0.4, 0.5) is 0 Å². The van der Waals surface area contributed by atoms with Crippen LogP contribution in [0.15, 0.2) is 22.8 Å². The Balaban J connectivity index is 1.90. The van der Waals surface area contributed by atoms with E-state index in [1.165, 1.54) is 0 Å². The minimum atomic E-state index is -0.764. The van der Waals surface area contributed by atoms with Crippen molar-refractivity contribution >= 4 is 21.9 Å². The first-order valence-corrected chi connectivity index (χ1v) is 6.03. The summed E-state index contributed by atoms with van der Waals surface area (Å²) in [7, 11) is 0. The number of carboxylic acids is 1. The van der Waals surface area contributed by atoms with Gasteiger partial charge in [-0.1, -0.05) is 0 Å². The molecule has 1 aliphatic carbocycles. The Morgan fingerprint density at radius 2 is 2.38 bits per heavy atom. The van der Waals surface area contributed by atoms with E-state index in [1.807, 2.05) is 12.1 Å². The molecule has 1 fully saturated rings. The number of carboxylic acid groups (broad SMARTS) is 1. The zero-order chi connectivity index (χ0) is 11.5. The van der Waals surface area contributed by atoms with Crippen LogP contribution in [0.2, 0.25) is 0 Å². The number of hydrogen-bond acceptors (Lipinski definition) is 3. The molecule has 2 N–H and O–H groups in total. The summed E-state index contributed by atoms with van der Waals surface area (Å²) in [5, 5.41) is 12.1. The number of nitrogens with one attached hydrogen (secondary N) is 1. The lowest BCUT2D eigenvalue weighted by molar-refractivity contribution is -0.140. The van der Waals surface area contributed by atoms with Crippen molar-refractivity contribution < 1.29 is 9.90 Å². The predicted octanol–water partition coefficient (Wildman–Crippen LogP) is 1.80. The van der Waals surface area contributed by atoms with E-state index in [2.05, 4.69) is 26.2 Å². The number of pyridine rings is 1. The van der Waals surface area contributed by atoms with Crippen molar-refractivity contribution in [1.29, 1.82) is 0 Å². The van der Waals surface area contributed by atoms with Crippen LogP contribution < -0.4 is 5.32 Å². The summed E-state index contributed by atoms with van der Waals surface area (Å²) >= 11 is 3.30. The fraction of sp³-hybridized carbons (Fsp3) is 0.455. The molecule has 0 spiro atoms. The van der Waals surface area contributed by atoms with E-state index in [1.54, 1.807) is 6.20 Å². The van der Waals surface area contributed by atoms with Gasteiger partial charge in [0.2, 0.25) is 0 Å². The molecule has 1 heterocycles. The van der Waals surface area contributed by atoms with Gasteiger partial charge in [0, 0.05) is 17.2 Å². The van der Waals surface area contributed by atoms with Gasteiger partial charge < -0.3 is 5.11 Å². The molecule has 0 amide bonds. The summed E-state index contributed by atoms with van der Waals surface area (Å²) in [4.78, 5) is 15.2. The van der Waals surface area contributed by atoms with Crippen molar-refractivity contribution in [1.82, 2.24) is 10.3 Å². The molecule has 0 radical (unpaired) electrons. The molecule has 86 valence electrons. The van der Waals surface area contributed by atoms with Gasteiger partial charge in [-0.05, 0) is 46.8 Å². The van der Waals surface area contributed by atoms with Crippen LogP contribution in [0.1, 0.15) is 18.5 Å². The Labute approximate surface area is 102 Å². The maximum Gasteiger partial charge on any atom is 0.320 e. The van der Waals surface area contributed by atoms with E-state index in [4.69, 9.17) is 5.11 Å². The molecule has 1 atom stereocenters. The maximum atomic E-state index is 11.0. The van der Waals surface area contributed by atoms with E-state index in [0.29, 0.717) is 12.5 Å². The molecule has 5 heteroatoms. The van der Waals surface area contributed by atoms with Gasteiger partial charge in [-0.25, -0.2) is 0 Å². The first kappa shape index (κ1) is 11.5. The summed E-state index contributed by atoms with van der Waals surface area (Å²) in [6.45, 7) is 0.501. The molecule has 2 rings (SSSR count). The Hall–Kier alpha value is -0.940. The third-order valence-electron chi connectivity index (χ3n) is 2.65. The average Bonchev–Trinajstić information content (AvgIpc) is 3.05. The summed E-state index contributed by atoms with van der Waals surface area (Å²) in [6, 6.07) is 3.35. The molecule has 0 aromatic carbocycles. The van der Waals surface area contributed by atoms with Crippen LogP contribution in [0.3, 0.4) is 0 Å². The Bertz CT molecular complexity index is 376. The van der Waals surface area contributed by atoms with Gasteiger partial charge in [-0.3, -0.25) is 15.1 Å². The first-order valence-electron chi connectivity index (χ1n) is 5.23. The topological polar surface area (TPSA) is 62.2 Å². The number of rotatable bonds is 5. The second-order valence-electron chi connectivity index (χ2n) is 4.00. The number of halogens is 1. The van der Waals surface area contributed by atoms with E-state index in [9.17, 15) is 4.79 Å². The SMILES string of the molecule is O=C(O)C(NCc1ccc(Br)cn1)C1CC1. The summed E-state index contributed by atoms with van der Waals surface area (Å²) in [5.41, 5.74) is 0.857. The van der Waals surface area contributed by atoms with Crippen LogP contribution in [0.25, 0.3) is 0 Å². The molecule has 1 saturated carbocycles. The van der Waals surface area contributed by atoms with Gasteiger partial charge in [0.15, 0.2) is 0 Å². The number of aromatic nitrogens is 1. The standard InChI is InChI=1S/C11H13BrN2O2/c12-8-3-4-9(13-5-8)6-14-10(11(15)16)7-1-2-7/h3-5,7,10,14H,1-2,6H2,(H,15,16). The molecule has 1 aliphatic rings. The molecule has 4 nitrogen and oxygen atoms in total. The van der Waals surface area contributed by atoms with Crippen LogP contribution in [-0.2, 0) is 11.3 Å². The highest BCUT2D eigenvalue weighted by molar-refractivity contribution is 9.10. The summed E-state index contributed by atoms with van der Waals surface area (Å²) in [6.07, 6.45) is 3.74. The average molecular weight is 285 g/mol. The molecule has 0 saturated heterocycles. The fourth-order valence-corrected chi connectivity index (χ4v) is 1.85. The first-order chi connectivity index (χ1) is 7.66. The molecular formula is C11H13BrN2O2. The van der Waals surface area contributed by atoms with Crippen LogP contribution in [-0.4, -0.2) is 22.1 Å². The molecule has 16 heavy (non-hydrogen) atoms. The van der Waals surface area contributed by atoms with Crippen molar-refractivity contribution in [3.05, 3.63) is 28.5 Å². The van der Waals surface area contributed by atoms with Gasteiger partial charge in [0.25, 0.3) is 0 Å². The lowest BCUT2D eigenvalue weighted by atomic mass is 10.2. The van der Waals surface area contributed by atoms with Gasteiger partial charge >= 0.3 is 5.97 Å². The van der Waals surface area contributed by atoms with Gasteiger partial charge in [0.05, 0.1) is 5.69 Å². The monoisotopic (exact) mass is 284 g/mol. The molecule has 0 bridgehead atoms. The van der Waals surface area contributed by atoms with E-state index in [0.717, 1.165) is 23.0 Å². The van der Waals surface area contributed by atoms with Crippen molar-refractivity contribution in [3.8, 4) is 0 Å². The van der Waals surface area contributed by atoms with Crippen LogP contribution >= 0.6 is 15.9 Å².